The Balaban J connectivity index is 1.76. The van der Waals surface area contributed by atoms with E-state index in [0.717, 1.165) is 17.4 Å². The lowest BCUT2D eigenvalue weighted by molar-refractivity contribution is -0.121. The second kappa shape index (κ2) is 10.6. The Morgan fingerprint density at radius 2 is 1.77 bits per heavy atom. The van der Waals surface area contributed by atoms with Crippen LogP contribution in [0.3, 0.4) is 0 Å². The normalized spacial score (nSPS) is 12.8. The number of likely N-dealkylation sites (N-methyl/N-ethyl adjacent to an activating group) is 1. The molecule has 0 atom stereocenters. The van der Waals surface area contributed by atoms with Crippen molar-refractivity contribution in [1.29, 1.82) is 0 Å². The molecule has 4 aromatic rings. The summed E-state index contributed by atoms with van der Waals surface area (Å²) in [4.78, 5) is 41.1. The first-order valence-corrected chi connectivity index (χ1v) is 12.9. The number of benzene rings is 3. The molecule has 3 aromatic carbocycles. The third kappa shape index (κ3) is 4.68. The molecule has 39 heavy (non-hydrogen) atoms. The van der Waals surface area contributed by atoms with E-state index in [0.29, 0.717) is 51.6 Å². The molecule has 3 amide bonds. The molecular formula is C29H29ClN4O5. The molecule has 0 saturated heterocycles. The van der Waals surface area contributed by atoms with E-state index in [2.05, 4.69) is 10.6 Å². The van der Waals surface area contributed by atoms with Crippen molar-refractivity contribution in [2.24, 2.45) is 0 Å². The summed E-state index contributed by atoms with van der Waals surface area (Å²) in [6.45, 7) is 1.63. The minimum absolute atomic E-state index is 0.0811. The number of imide groups is 1. The van der Waals surface area contributed by atoms with Crippen molar-refractivity contribution in [3.8, 4) is 22.6 Å². The molecular weight excluding hydrogens is 520 g/mol. The van der Waals surface area contributed by atoms with Gasteiger partial charge in [-0.1, -0.05) is 17.7 Å². The molecule has 202 valence electrons. The Kier molecular flexibility index (Phi) is 7.20. The van der Waals surface area contributed by atoms with Crippen LogP contribution in [0.2, 0.25) is 5.02 Å². The summed E-state index contributed by atoms with van der Waals surface area (Å²) in [6, 6.07) is 12.7. The molecule has 2 heterocycles. The first-order chi connectivity index (χ1) is 18.7. The van der Waals surface area contributed by atoms with Gasteiger partial charge < -0.3 is 24.3 Å². The van der Waals surface area contributed by atoms with Crippen molar-refractivity contribution in [2.45, 2.75) is 13.0 Å². The molecule has 1 aromatic heterocycles. The van der Waals surface area contributed by atoms with Crippen LogP contribution in [-0.4, -0.2) is 68.6 Å². The van der Waals surface area contributed by atoms with E-state index in [-0.39, 0.29) is 23.5 Å². The number of nitrogens with one attached hydrogen (secondary N) is 2. The highest BCUT2D eigenvalue weighted by atomic mass is 35.5. The van der Waals surface area contributed by atoms with Gasteiger partial charge in [0.15, 0.2) is 0 Å². The van der Waals surface area contributed by atoms with Crippen LogP contribution in [0.1, 0.15) is 27.1 Å². The second-order valence-corrected chi connectivity index (χ2v) is 10.0. The fourth-order valence-corrected chi connectivity index (χ4v) is 5.42. The van der Waals surface area contributed by atoms with Gasteiger partial charge in [0.1, 0.15) is 11.5 Å². The van der Waals surface area contributed by atoms with Gasteiger partial charge in [0.05, 0.1) is 35.9 Å². The summed E-state index contributed by atoms with van der Waals surface area (Å²) < 4.78 is 13.1. The van der Waals surface area contributed by atoms with Crippen molar-refractivity contribution < 1.29 is 23.9 Å². The monoisotopic (exact) mass is 548 g/mol. The van der Waals surface area contributed by atoms with E-state index in [1.165, 1.54) is 7.11 Å². The number of aromatic nitrogens is 1. The molecule has 10 heteroatoms. The van der Waals surface area contributed by atoms with Gasteiger partial charge in [0.25, 0.3) is 11.8 Å². The van der Waals surface area contributed by atoms with Gasteiger partial charge in [0.2, 0.25) is 5.91 Å². The summed E-state index contributed by atoms with van der Waals surface area (Å²) in [5.74, 6) is 0.00987. The van der Waals surface area contributed by atoms with Crippen molar-refractivity contribution >= 4 is 51.1 Å². The molecule has 0 saturated carbocycles. The molecule has 0 radical (unpaired) electrons. The SMILES string of the molecule is COc1ccc2c(c1)c1c3c(c(-c4c(Cl)cccc4OC)cc1n2CCC(=O)NCCN(C)C)C(=O)NC3=O. The molecule has 0 bridgehead atoms. The van der Waals surface area contributed by atoms with Crippen LogP contribution in [0.4, 0.5) is 0 Å². The number of amides is 3. The van der Waals surface area contributed by atoms with Crippen LogP contribution >= 0.6 is 11.6 Å². The summed E-state index contributed by atoms with van der Waals surface area (Å²) in [6.07, 6.45) is 0.227. The highest BCUT2D eigenvalue weighted by molar-refractivity contribution is 6.36. The zero-order chi connectivity index (χ0) is 27.8. The van der Waals surface area contributed by atoms with Gasteiger partial charge >= 0.3 is 0 Å². The topological polar surface area (TPSA) is 102 Å². The van der Waals surface area contributed by atoms with E-state index >= 15 is 0 Å². The lowest BCUT2D eigenvalue weighted by atomic mass is 9.92. The Morgan fingerprint density at radius 3 is 2.49 bits per heavy atom. The van der Waals surface area contributed by atoms with Gasteiger partial charge in [0, 0.05) is 53.5 Å². The standard InChI is InChI=1S/C29H29ClN4O5/c1-33(2)13-11-31-23(35)10-12-34-20-9-8-16(38-3)14-17(20)25-21(34)15-18(26-27(25)29(37)32-28(26)36)24-19(30)6-5-7-22(24)39-4/h5-9,14-15H,10-13H2,1-4H3,(H,31,35)(H,32,36,37). The Hall–Kier alpha value is -4.08. The molecule has 1 aliphatic rings. The van der Waals surface area contributed by atoms with Gasteiger partial charge in [-0.25, -0.2) is 0 Å². The van der Waals surface area contributed by atoms with Gasteiger partial charge in [-0.3, -0.25) is 19.7 Å². The van der Waals surface area contributed by atoms with Crippen LogP contribution in [0.15, 0.2) is 42.5 Å². The fourth-order valence-electron chi connectivity index (χ4n) is 5.15. The number of hydrogen-bond donors (Lipinski definition) is 2. The molecule has 9 nitrogen and oxygen atoms in total. The maximum atomic E-state index is 13.3. The number of fused-ring (bicyclic) bond motifs is 5. The van der Waals surface area contributed by atoms with Crippen LogP contribution in [-0.2, 0) is 11.3 Å². The smallest absolute Gasteiger partial charge is 0.259 e. The molecule has 0 unspecified atom stereocenters. The number of ether oxygens (including phenoxy) is 2. The molecule has 0 fully saturated rings. The van der Waals surface area contributed by atoms with E-state index in [9.17, 15) is 14.4 Å². The number of halogens is 1. The Bertz CT molecular complexity index is 1640. The van der Waals surface area contributed by atoms with Gasteiger partial charge in [-0.2, -0.15) is 0 Å². The first kappa shape index (κ1) is 26.5. The second-order valence-electron chi connectivity index (χ2n) is 9.61. The van der Waals surface area contributed by atoms with E-state index in [4.69, 9.17) is 21.1 Å². The summed E-state index contributed by atoms with van der Waals surface area (Å²) in [5, 5.41) is 7.15. The number of nitrogens with zero attached hydrogens (tertiary/aromatic N) is 2. The minimum atomic E-state index is -0.502. The van der Waals surface area contributed by atoms with Gasteiger partial charge in [-0.15, -0.1) is 0 Å². The molecule has 1 aliphatic heterocycles. The maximum absolute atomic E-state index is 13.3. The highest BCUT2D eigenvalue weighted by Crippen LogP contribution is 2.45. The number of methoxy groups -OCH3 is 2. The summed E-state index contributed by atoms with van der Waals surface area (Å²) in [5.41, 5.74) is 3.00. The average Bonchev–Trinajstić information content (AvgIpc) is 3.38. The number of carbonyl (C=O) groups excluding carboxylic acids is 3. The fraction of sp³-hybridized carbons (Fsp3) is 0.276. The van der Waals surface area contributed by atoms with Crippen LogP contribution in [0.5, 0.6) is 11.5 Å². The van der Waals surface area contributed by atoms with E-state index in [1.54, 1.807) is 25.3 Å². The third-order valence-electron chi connectivity index (χ3n) is 6.95. The van der Waals surface area contributed by atoms with Gasteiger partial charge in [-0.05, 0) is 50.5 Å². The maximum Gasteiger partial charge on any atom is 0.259 e. The summed E-state index contributed by atoms with van der Waals surface area (Å²) >= 11 is 6.63. The van der Waals surface area contributed by atoms with Crippen molar-refractivity contribution in [2.75, 3.05) is 41.4 Å². The predicted molar refractivity (Wildman–Crippen MR) is 151 cm³/mol. The quantitative estimate of drug-likeness (QED) is 0.306. The molecule has 0 spiro atoms. The van der Waals surface area contributed by atoms with Crippen LogP contribution < -0.4 is 20.1 Å². The van der Waals surface area contributed by atoms with Crippen molar-refractivity contribution in [1.82, 2.24) is 20.1 Å². The number of hydrogen-bond acceptors (Lipinski definition) is 6. The Morgan fingerprint density at radius 1 is 1.00 bits per heavy atom. The lowest BCUT2D eigenvalue weighted by Crippen LogP contribution is -2.31. The number of rotatable bonds is 9. The van der Waals surface area contributed by atoms with E-state index < -0.39 is 11.8 Å². The predicted octanol–water partition coefficient (Wildman–Crippen LogP) is 4.08. The zero-order valence-corrected chi connectivity index (χ0v) is 22.9. The van der Waals surface area contributed by atoms with Crippen LogP contribution in [0, 0.1) is 0 Å². The van der Waals surface area contributed by atoms with Crippen molar-refractivity contribution in [3.05, 3.63) is 58.6 Å². The largest absolute Gasteiger partial charge is 0.497 e. The molecule has 5 rings (SSSR count). The zero-order valence-electron chi connectivity index (χ0n) is 22.2. The average molecular weight is 549 g/mol. The first-order valence-electron chi connectivity index (χ1n) is 12.5. The lowest BCUT2D eigenvalue weighted by Gasteiger charge is -2.15. The Labute approximate surface area is 230 Å². The minimum Gasteiger partial charge on any atom is -0.497 e. The number of carbonyl (C=O) groups is 3. The highest BCUT2D eigenvalue weighted by Gasteiger charge is 2.35. The molecule has 0 aliphatic carbocycles. The summed E-state index contributed by atoms with van der Waals surface area (Å²) in [7, 11) is 6.99. The number of aryl methyl sites for hydroxylation is 1. The third-order valence-corrected chi connectivity index (χ3v) is 7.27. The van der Waals surface area contributed by atoms with Crippen molar-refractivity contribution in [3.63, 3.8) is 0 Å². The van der Waals surface area contributed by atoms with Crippen LogP contribution in [0.25, 0.3) is 32.9 Å². The molecule has 2 N–H and O–H groups in total. The van der Waals surface area contributed by atoms with E-state index in [1.807, 2.05) is 47.8 Å².